The predicted molar refractivity (Wildman–Crippen MR) is 54.2 cm³/mol. The average molecular weight is 267 g/mol. The molecule has 0 bridgehead atoms. The first-order chi connectivity index (χ1) is 7.66. The van der Waals surface area contributed by atoms with Crippen LogP contribution in [0.2, 0.25) is 0 Å². The van der Waals surface area contributed by atoms with Crippen molar-refractivity contribution >= 4 is 21.9 Å². The van der Waals surface area contributed by atoms with Gasteiger partial charge in [0.15, 0.2) is 9.84 Å². The van der Waals surface area contributed by atoms with Gasteiger partial charge in [0, 0.05) is 6.26 Å². The van der Waals surface area contributed by atoms with Gasteiger partial charge in [-0.2, -0.15) is 13.2 Å². The molecular weight excluding hydrogens is 259 g/mol. The average Bonchev–Trinajstić information content (AvgIpc) is 2.15. The number of rotatable bonds is 3. The molecule has 1 aromatic carbocycles. The van der Waals surface area contributed by atoms with Crippen molar-refractivity contribution in [1.29, 1.82) is 0 Å². The van der Waals surface area contributed by atoms with Crippen LogP contribution in [-0.2, 0) is 20.8 Å². The summed E-state index contributed by atoms with van der Waals surface area (Å²) in [5.74, 6) is 0. The number of amides is 1. The van der Waals surface area contributed by atoms with E-state index < -0.39 is 32.2 Å². The minimum Gasteiger partial charge on any atom is -0.328 e. The van der Waals surface area contributed by atoms with E-state index in [4.69, 9.17) is 0 Å². The van der Waals surface area contributed by atoms with Crippen molar-refractivity contribution in [1.82, 2.24) is 0 Å². The number of benzene rings is 1. The van der Waals surface area contributed by atoms with Gasteiger partial charge in [-0.15, -0.1) is 0 Å². The Morgan fingerprint density at radius 2 is 1.88 bits per heavy atom. The summed E-state index contributed by atoms with van der Waals surface area (Å²) in [6, 6.07) is 2.38. The van der Waals surface area contributed by atoms with Gasteiger partial charge in [0.05, 0.1) is 16.1 Å². The third kappa shape index (κ3) is 3.19. The maximum Gasteiger partial charge on any atom is 0.418 e. The lowest BCUT2D eigenvalue weighted by atomic mass is 10.1. The first kappa shape index (κ1) is 13.5. The van der Waals surface area contributed by atoms with E-state index in [0.29, 0.717) is 6.07 Å². The van der Waals surface area contributed by atoms with E-state index in [1.165, 1.54) is 0 Å². The summed E-state index contributed by atoms with van der Waals surface area (Å²) in [6.07, 6.45) is -3.86. The van der Waals surface area contributed by atoms with Gasteiger partial charge in [0.1, 0.15) is 0 Å². The number of hydrogen-bond donors (Lipinski definition) is 1. The van der Waals surface area contributed by atoms with Crippen LogP contribution in [-0.4, -0.2) is 21.1 Å². The molecule has 0 radical (unpaired) electrons. The van der Waals surface area contributed by atoms with E-state index in [1.807, 2.05) is 5.32 Å². The second-order valence-corrected chi connectivity index (χ2v) is 5.26. The minimum atomic E-state index is -4.74. The Balaban J connectivity index is 3.45. The van der Waals surface area contributed by atoms with Gasteiger partial charge in [0.2, 0.25) is 6.41 Å². The van der Waals surface area contributed by atoms with Gasteiger partial charge < -0.3 is 5.32 Å². The molecule has 94 valence electrons. The summed E-state index contributed by atoms with van der Waals surface area (Å²) in [6.45, 7) is 0. The molecule has 0 fully saturated rings. The van der Waals surface area contributed by atoms with E-state index in [-0.39, 0.29) is 6.41 Å². The minimum absolute atomic E-state index is 0.0880. The van der Waals surface area contributed by atoms with Crippen molar-refractivity contribution in [2.24, 2.45) is 0 Å². The third-order valence-corrected chi connectivity index (χ3v) is 3.05. The molecule has 1 rings (SSSR count). The Hall–Kier alpha value is -1.57. The molecule has 0 unspecified atom stereocenters. The molecule has 0 saturated heterocycles. The highest BCUT2D eigenvalue weighted by molar-refractivity contribution is 7.90. The number of carbonyl (C=O) groups is 1. The van der Waals surface area contributed by atoms with E-state index in [0.717, 1.165) is 18.4 Å². The smallest absolute Gasteiger partial charge is 0.328 e. The SMILES string of the molecule is CS(=O)(=O)c1ccc(NC=O)c(C(F)(F)F)c1. The predicted octanol–water partition coefficient (Wildman–Crippen LogP) is 1.68. The summed E-state index contributed by atoms with van der Waals surface area (Å²) < 4.78 is 60.0. The normalized spacial score (nSPS) is 12.2. The summed E-state index contributed by atoms with van der Waals surface area (Å²) >= 11 is 0. The molecule has 0 aliphatic heterocycles. The van der Waals surface area contributed by atoms with Crippen molar-refractivity contribution in [3.05, 3.63) is 23.8 Å². The van der Waals surface area contributed by atoms with Crippen LogP contribution in [0.1, 0.15) is 5.56 Å². The molecule has 0 spiro atoms. The summed E-state index contributed by atoms with van der Waals surface area (Å²) in [4.78, 5) is 9.68. The number of carbonyl (C=O) groups excluding carboxylic acids is 1. The number of nitrogens with one attached hydrogen (secondary N) is 1. The second kappa shape index (κ2) is 4.36. The third-order valence-electron chi connectivity index (χ3n) is 1.94. The summed E-state index contributed by atoms with van der Waals surface area (Å²) in [5.41, 5.74) is -1.69. The van der Waals surface area contributed by atoms with Gasteiger partial charge >= 0.3 is 6.18 Å². The lowest BCUT2D eigenvalue weighted by molar-refractivity contribution is -0.137. The van der Waals surface area contributed by atoms with Crippen LogP contribution in [0.4, 0.5) is 18.9 Å². The van der Waals surface area contributed by atoms with Gasteiger partial charge in [0.25, 0.3) is 0 Å². The lowest BCUT2D eigenvalue weighted by Crippen LogP contribution is -2.11. The van der Waals surface area contributed by atoms with Crippen molar-refractivity contribution in [2.45, 2.75) is 11.1 Å². The molecule has 0 atom stereocenters. The van der Waals surface area contributed by atoms with Gasteiger partial charge in [-0.1, -0.05) is 0 Å². The molecule has 0 aliphatic carbocycles. The number of anilines is 1. The van der Waals surface area contributed by atoms with Crippen LogP contribution in [0.15, 0.2) is 23.1 Å². The zero-order valence-corrected chi connectivity index (χ0v) is 9.39. The molecule has 1 aromatic rings. The van der Waals surface area contributed by atoms with Crippen molar-refractivity contribution in [3.8, 4) is 0 Å². The fraction of sp³-hybridized carbons (Fsp3) is 0.222. The van der Waals surface area contributed by atoms with Gasteiger partial charge in [-0.25, -0.2) is 8.42 Å². The Bertz CT molecular complexity index is 537. The molecule has 8 heteroatoms. The van der Waals surface area contributed by atoms with E-state index >= 15 is 0 Å². The Morgan fingerprint density at radius 3 is 2.29 bits per heavy atom. The molecule has 17 heavy (non-hydrogen) atoms. The molecule has 0 saturated carbocycles. The van der Waals surface area contributed by atoms with Crippen LogP contribution in [0.5, 0.6) is 0 Å². The number of sulfone groups is 1. The molecule has 1 amide bonds. The van der Waals surface area contributed by atoms with Crippen molar-refractivity contribution < 1.29 is 26.4 Å². The van der Waals surface area contributed by atoms with E-state index in [1.54, 1.807) is 0 Å². The number of alkyl halides is 3. The fourth-order valence-corrected chi connectivity index (χ4v) is 1.83. The Labute approximate surface area is 95.4 Å². The van der Waals surface area contributed by atoms with Crippen LogP contribution in [0, 0.1) is 0 Å². The van der Waals surface area contributed by atoms with Gasteiger partial charge in [-0.3, -0.25) is 4.79 Å². The molecule has 0 aromatic heterocycles. The fourth-order valence-electron chi connectivity index (χ4n) is 1.18. The quantitative estimate of drug-likeness (QED) is 0.847. The van der Waals surface area contributed by atoms with E-state index in [9.17, 15) is 26.4 Å². The van der Waals surface area contributed by atoms with Crippen molar-refractivity contribution in [2.75, 3.05) is 11.6 Å². The van der Waals surface area contributed by atoms with Crippen LogP contribution in [0.25, 0.3) is 0 Å². The lowest BCUT2D eigenvalue weighted by Gasteiger charge is -2.12. The Morgan fingerprint density at radius 1 is 1.29 bits per heavy atom. The second-order valence-electron chi connectivity index (χ2n) is 3.24. The van der Waals surface area contributed by atoms with Gasteiger partial charge in [-0.05, 0) is 18.2 Å². The van der Waals surface area contributed by atoms with Crippen LogP contribution >= 0.6 is 0 Å². The Kier molecular flexibility index (Phi) is 3.46. The maximum absolute atomic E-state index is 12.6. The van der Waals surface area contributed by atoms with Crippen LogP contribution in [0.3, 0.4) is 0 Å². The zero-order chi connectivity index (χ0) is 13.3. The summed E-state index contributed by atoms with van der Waals surface area (Å²) in [7, 11) is -3.73. The number of hydrogen-bond acceptors (Lipinski definition) is 3. The topological polar surface area (TPSA) is 63.2 Å². The molecule has 0 heterocycles. The summed E-state index contributed by atoms with van der Waals surface area (Å²) in [5, 5.41) is 1.87. The molecule has 4 nitrogen and oxygen atoms in total. The van der Waals surface area contributed by atoms with Crippen molar-refractivity contribution in [3.63, 3.8) is 0 Å². The highest BCUT2D eigenvalue weighted by Crippen LogP contribution is 2.36. The highest BCUT2D eigenvalue weighted by Gasteiger charge is 2.34. The molecule has 1 N–H and O–H groups in total. The maximum atomic E-state index is 12.6. The standard InChI is InChI=1S/C9H8F3NO3S/c1-17(15,16)6-2-3-8(13-5-14)7(4-6)9(10,11)12/h2-5H,1H3,(H,13,14). The monoisotopic (exact) mass is 267 g/mol. The molecular formula is C9H8F3NO3S. The highest BCUT2D eigenvalue weighted by atomic mass is 32.2. The largest absolute Gasteiger partial charge is 0.418 e. The van der Waals surface area contributed by atoms with Crippen LogP contribution < -0.4 is 5.32 Å². The zero-order valence-electron chi connectivity index (χ0n) is 8.58. The first-order valence-electron chi connectivity index (χ1n) is 4.28. The molecule has 0 aliphatic rings. The van der Waals surface area contributed by atoms with E-state index in [2.05, 4.69) is 0 Å². The first-order valence-corrected chi connectivity index (χ1v) is 6.17. The number of halogens is 3.